The Morgan fingerprint density at radius 2 is 1.89 bits per heavy atom. The van der Waals surface area contributed by atoms with Crippen LogP contribution >= 0.6 is 0 Å². The second-order valence-electron chi connectivity index (χ2n) is 6.72. The summed E-state index contributed by atoms with van der Waals surface area (Å²) >= 11 is 0. The number of amides is 1. The molecule has 0 radical (unpaired) electrons. The van der Waals surface area contributed by atoms with E-state index in [9.17, 15) is 4.79 Å². The summed E-state index contributed by atoms with van der Waals surface area (Å²) in [7, 11) is 0. The van der Waals surface area contributed by atoms with Crippen LogP contribution in [0.25, 0.3) is 0 Å². The molecule has 5 heteroatoms. The van der Waals surface area contributed by atoms with E-state index in [0.717, 1.165) is 45.8 Å². The lowest BCUT2D eigenvalue weighted by molar-refractivity contribution is -0.134. The van der Waals surface area contributed by atoms with Crippen LogP contribution in [0, 0.1) is 5.41 Å². The van der Waals surface area contributed by atoms with Crippen molar-refractivity contribution in [2.75, 3.05) is 39.4 Å². The minimum absolute atomic E-state index is 0.100. The Balaban J connectivity index is 1.89. The SMILES string of the molecule is CC(C)(C)[C@@H](N)C(=O)N1CCC(N2CCOCC2)C1. The van der Waals surface area contributed by atoms with Crippen molar-refractivity contribution < 1.29 is 9.53 Å². The average Bonchev–Trinajstić information content (AvgIpc) is 2.86. The van der Waals surface area contributed by atoms with Crippen LogP contribution in [0.4, 0.5) is 0 Å². The van der Waals surface area contributed by atoms with Gasteiger partial charge in [-0.1, -0.05) is 20.8 Å². The first-order valence-corrected chi connectivity index (χ1v) is 7.26. The van der Waals surface area contributed by atoms with Crippen LogP contribution in [0.5, 0.6) is 0 Å². The maximum absolute atomic E-state index is 12.4. The lowest BCUT2D eigenvalue weighted by Gasteiger charge is -2.33. The third kappa shape index (κ3) is 3.46. The van der Waals surface area contributed by atoms with Gasteiger partial charge in [-0.15, -0.1) is 0 Å². The minimum Gasteiger partial charge on any atom is -0.379 e. The zero-order valence-electron chi connectivity index (χ0n) is 12.4. The topological polar surface area (TPSA) is 58.8 Å². The molecular formula is C14H27N3O2. The Hall–Kier alpha value is -0.650. The minimum atomic E-state index is -0.407. The summed E-state index contributed by atoms with van der Waals surface area (Å²) < 4.78 is 5.37. The van der Waals surface area contributed by atoms with Gasteiger partial charge in [0, 0.05) is 32.2 Å². The highest BCUT2D eigenvalue weighted by Gasteiger charge is 2.36. The molecular weight excluding hydrogens is 242 g/mol. The largest absolute Gasteiger partial charge is 0.379 e. The molecule has 2 saturated heterocycles. The summed E-state index contributed by atoms with van der Waals surface area (Å²) in [4.78, 5) is 16.8. The van der Waals surface area contributed by atoms with E-state index >= 15 is 0 Å². The van der Waals surface area contributed by atoms with E-state index in [1.165, 1.54) is 0 Å². The summed E-state index contributed by atoms with van der Waals surface area (Å²) in [5, 5.41) is 0. The first kappa shape index (κ1) is 14.8. The van der Waals surface area contributed by atoms with Crippen molar-refractivity contribution in [3.63, 3.8) is 0 Å². The van der Waals surface area contributed by atoms with E-state index < -0.39 is 6.04 Å². The van der Waals surface area contributed by atoms with Crippen LogP contribution < -0.4 is 5.73 Å². The van der Waals surface area contributed by atoms with Crippen molar-refractivity contribution in [3.8, 4) is 0 Å². The van der Waals surface area contributed by atoms with Gasteiger partial charge in [0.25, 0.3) is 0 Å². The van der Waals surface area contributed by atoms with Crippen LogP contribution in [0.3, 0.4) is 0 Å². The van der Waals surface area contributed by atoms with Gasteiger partial charge in [0.15, 0.2) is 0 Å². The van der Waals surface area contributed by atoms with Crippen LogP contribution in [0.1, 0.15) is 27.2 Å². The number of nitrogens with two attached hydrogens (primary N) is 1. The Morgan fingerprint density at radius 3 is 2.47 bits per heavy atom. The predicted octanol–water partition coefficient (Wildman–Crippen LogP) is 0.293. The number of ether oxygens (including phenoxy) is 1. The van der Waals surface area contributed by atoms with Crippen molar-refractivity contribution in [1.29, 1.82) is 0 Å². The van der Waals surface area contributed by atoms with Gasteiger partial charge in [-0.05, 0) is 11.8 Å². The number of morpholine rings is 1. The Morgan fingerprint density at radius 1 is 1.26 bits per heavy atom. The predicted molar refractivity (Wildman–Crippen MR) is 74.8 cm³/mol. The Bertz CT molecular complexity index is 321. The monoisotopic (exact) mass is 269 g/mol. The lowest BCUT2D eigenvalue weighted by atomic mass is 9.86. The van der Waals surface area contributed by atoms with Crippen LogP contribution in [0.15, 0.2) is 0 Å². The van der Waals surface area contributed by atoms with Gasteiger partial charge in [-0.25, -0.2) is 0 Å². The first-order chi connectivity index (χ1) is 8.89. The summed E-state index contributed by atoms with van der Waals surface area (Å²) in [5.74, 6) is 0.100. The normalized spacial score (nSPS) is 27.6. The molecule has 1 amide bonds. The zero-order chi connectivity index (χ0) is 14.0. The Kier molecular flexibility index (Phi) is 4.48. The van der Waals surface area contributed by atoms with E-state index in [4.69, 9.17) is 10.5 Å². The third-order valence-electron chi connectivity index (χ3n) is 4.24. The van der Waals surface area contributed by atoms with Crippen molar-refractivity contribution in [1.82, 2.24) is 9.80 Å². The van der Waals surface area contributed by atoms with Crippen molar-refractivity contribution in [2.45, 2.75) is 39.3 Å². The van der Waals surface area contributed by atoms with E-state index in [0.29, 0.717) is 6.04 Å². The van der Waals surface area contributed by atoms with Gasteiger partial charge in [-0.3, -0.25) is 9.69 Å². The average molecular weight is 269 g/mol. The van der Waals surface area contributed by atoms with Crippen LogP contribution in [0.2, 0.25) is 0 Å². The molecule has 2 fully saturated rings. The summed E-state index contributed by atoms with van der Waals surface area (Å²) in [5.41, 5.74) is 5.90. The zero-order valence-corrected chi connectivity index (χ0v) is 12.4. The second kappa shape index (κ2) is 5.77. The molecule has 0 saturated carbocycles. The highest BCUT2D eigenvalue weighted by Crippen LogP contribution is 2.23. The summed E-state index contributed by atoms with van der Waals surface area (Å²) in [6.45, 7) is 11.3. The van der Waals surface area contributed by atoms with Gasteiger partial charge in [-0.2, -0.15) is 0 Å². The molecule has 2 aliphatic heterocycles. The second-order valence-corrected chi connectivity index (χ2v) is 6.72. The van der Waals surface area contributed by atoms with Crippen molar-refractivity contribution in [3.05, 3.63) is 0 Å². The molecule has 0 aromatic carbocycles. The number of carbonyl (C=O) groups excluding carboxylic acids is 1. The highest BCUT2D eigenvalue weighted by molar-refractivity contribution is 5.82. The smallest absolute Gasteiger partial charge is 0.240 e. The van der Waals surface area contributed by atoms with Crippen LogP contribution in [-0.2, 0) is 9.53 Å². The highest BCUT2D eigenvalue weighted by atomic mass is 16.5. The molecule has 5 nitrogen and oxygen atoms in total. The molecule has 2 N–H and O–H groups in total. The number of hydrogen-bond acceptors (Lipinski definition) is 4. The quantitative estimate of drug-likeness (QED) is 0.783. The molecule has 110 valence electrons. The van der Waals surface area contributed by atoms with Crippen molar-refractivity contribution >= 4 is 5.91 Å². The van der Waals surface area contributed by atoms with E-state index in [1.807, 2.05) is 25.7 Å². The Labute approximate surface area is 116 Å². The first-order valence-electron chi connectivity index (χ1n) is 7.26. The molecule has 0 spiro atoms. The fourth-order valence-electron chi connectivity index (χ4n) is 2.75. The number of hydrogen-bond donors (Lipinski definition) is 1. The number of carbonyl (C=O) groups is 1. The molecule has 19 heavy (non-hydrogen) atoms. The molecule has 0 aromatic rings. The van der Waals surface area contributed by atoms with Gasteiger partial charge in [0.1, 0.15) is 0 Å². The molecule has 1 unspecified atom stereocenters. The molecule has 0 aliphatic carbocycles. The van der Waals surface area contributed by atoms with Crippen LogP contribution in [-0.4, -0.2) is 67.2 Å². The molecule has 2 heterocycles. The number of nitrogens with zero attached hydrogens (tertiary/aromatic N) is 2. The molecule has 2 rings (SSSR count). The maximum Gasteiger partial charge on any atom is 0.240 e. The number of rotatable bonds is 2. The maximum atomic E-state index is 12.4. The van der Waals surface area contributed by atoms with Gasteiger partial charge >= 0.3 is 0 Å². The molecule has 2 atom stereocenters. The van der Waals surface area contributed by atoms with E-state index in [-0.39, 0.29) is 11.3 Å². The molecule has 0 aromatic heterocycles. The van der Waals surface area contributed by atoms with Gasteiger partial charge in [0.05, 0.1) is 19.3 Å². The van der Waals surface area contributed by atoms with Crippen molar-refractivity contribution in [2.24, 2.45) is 11.1 Å². The van der Waals surface area contributed by atoms with Gasteiger partial charge < -0.3 is 15.4 Å². The lowest BCUT2D eigenvalue weighted by Crippen LogP contribution is -2.51. The fourth-order valence-corrected chi connectivity index (χ4v) is 2.75. The fraction of sp³-hybridized carbons (Fsp3) is 0.929. The van der Waals surface area contributed by atoms with E-state index in [2.05, 4.69) is 4.90 Å². The standard InChI is InChI=1S/C14H27N3O2/c1-14(2,3)12(15)13(18)17-5-4-11(10-17)16-6-8-19-9-7-16/h11-12H,4-10,15H2,1-3H3/t11?,12-/m0/s1. The van der Waals surface area contributed by atoms with Gasteiger partial charge in [0.2, 0.25) is 5.91 Å². The summed E-state index contributed by atoms with van der Waals surface area (Å²) in [6, 6.07) is 0.0796. The van der Waals surface area contributed by atoms with E-state index in [1.54, 1.807) is 0 Å². The number of likely N-dealkylation sites (tertiary alicyclic amines) is 1. The summed E-state index contributed by atoms with van der Waals surface area (Å²) in [6.07, 6.45) is 1.06. The molecule has 0 bridgehead atoms. The third-order valence-corrected chi connectivity index (χ3v) is 4.24. The molecule has 2 aliphatic rings.